The molecule has 3 nitrogen and oxygen atoms in total. The molecular formula is C11H16N2OS. The molecule has 1 aromatic rings. The Hall–Kier alpha value is -1.00. The number of carbonyl (C=O) groups is 1. The van der Waals surface area contributed by atoms with Crippen LogP contribution in [0.5, 0.6) is 0 Å². The molecule has 1 aromatic carbocycles. The number of nitrogens with one attached hydrogen (secondary N) is 1. The average molecular weight is 224 g/mol. The van der Waals surface area contributed by atoms with Crippen molar-refractivity contribution in [1.82, 2.24) is 5.32 Å². The summed E-state index contributed by atoms with van der Waals surface area (Å²) < 4.78 is 0. The zero-order valence-corrected chi connectivity index (χ0v) is 9.59. The Kier molecular flexibility index (Phi) is 5.21. The van der Waals surface area contributed by atoms with Gasteiger partial charge in [0, 0.05) is 17.5 Å². The monoisotopic (exact) mass is 224 g/mol. The van der Waals surface area contributed by atoms with Gasteiger partial charge in [-0.2, -0.15) is 0 Å². The summed E-state index contributed by atoms with van der Waals surface area (Å²) in [5, 5.41) is 2.77. The van der Waals surface area contributed by atoms with Crippen LogP contribution in [0.15, 0.2) is 35.2 Å². The summed E-state index contributed by atoms with van der Waals surface area (Å²) in [5.41, 5.74) is 5.53. The third-order valence-corrected chi connectivity index (χ3v) is 2.75. The van der Waals surface area contributed by atoms with Crippen LogP contribution in [0.25, 0.3) is 0 Å². The highest BCUT2D eigenvalue weighted by molar-refractivity contribution is 8.00. The lowest BCUT2D eigenvalue weighted by Gasteiger charge is -2.07. The van der Waals surface area contributed by atoms with Crippen LogP contribution in [0.3, 0.4) is 0 Å². The van der Waals surface area contributed by atoms with E-state index < -0.39 is 0 Å². The molecule has 4 heteroatoms. The van der Waals surface area contributed by atoms with Gasteiger partial charge in [-0.1, -0.05) is 18.2 Å². The second-order valence-electron chi connectivity index (χ2n) is 3.38. The molecule has 0 aromatic heterocycles. The molecule has 0 saturated carbocycles. The molecule has 0 radical (unpaired) electrons. The van der Waals surface area contributed by atoms with E-state index >= 15 is 0 Å². The summed E-state index contributed by atoms with van der Waals surface area (Å²) in [4.78, 5) is 12.4. The van der Waals surface area contributed by atoms with Gasteiger partial charge < -0.3 is 11.1 Å². The van der Waals surface area contributed by atoms with Crippen LogP contribution in [0, 0.1) is 0 Å². The van der Waals surface area contributed by atoms with Gasteiger partial charge in [-0.25, -0.2) is 0 Å². The fourth-order valence-electron chi connectivity index (χ4n) is 0.991. The van der Waals surface area contributed by atoms with Crippen LogP contribution in [-0.4, -0.2) is 24.2 Å². The van der Waals surface area contributed by atoms with Gasteiger partial charge in [0.05, 0.1) is 5.75 Å². The molecule has 1 amide bonds. The Bertz CT molecular complexity index is 301. The van der Waals surface area contributed by atoms with E-state index in [-0.39, 0.29) is 11.9 Å². The maximum Gasteiger partial charge on any atom is 0.230 e. The van der Waals surface area contributed by atoms with Crippen molar-refractivity contribution in [3.63, 3.8) is 0 Å². The molecule has 0 heterocycles. The Morgan fingerprint density at radius 2 is 2.13 bits per heavy atom. The summed E-state index contributed by atoms with van der Waals surface area (Å²) in [6.07, 6.45) is 0. The van der Waals surface area contributed by atoms with Gasteiger partial charge in [0.2, 0.25) is 5.91 Å². The highest BCUT2D eigenvalue weighted by Gasteiger charge is 2.02. The molecule has 1 rings (SSSR count). The van der Waals surface area contributed by atoms with E-state index in [9.17, 15) is 4.79 Å². The van der Waals surface area contributed by atoms with Crippen LogP contribution in [0.2, 0.25) is 0 Å². The lowest BCUT2D eigenvalue weighted by Crippen LogP contribution is -2.36. The van der Waals surface area contributed by atoms with Crippen molar-refractivity contribution in [2.75, 3.05) is 12.3 Å². The minimum Gasteiger partial charge on any atom is -0.354 e. The van der Waals surface area contributed by atoms with E-state index in [0.717, 1.165) is 4.90 Å². The maximum absolute atomic E-state index is 11.3. The van der Waals surface area contributed by atoms with E-state index in [0.29, 0.717) is 12.3 Å². The first kappa shape index (κ1) is 12.1. The summed E-state index contributed by atoms with van der Waals surface area (Å²) >= 11 is 1.53. The van der Waals surface area contributed by atoms with Crippen molar-refractivity contribution in [2.45, 2.75) is 17.9 Å². The summed E-state index contributed by atoms with van der Waals surface area (Å²) in [7, 11) is 0. The van der Waals surface area contributed by atoms with E-state index in [1.807, 2.05) is 37.3 Å². The third-order valence-electron chi connectivity index (χ3n) is 1.73. The number of rotatable bonds is 5. The normalized spacial score (nSPS) is 12.1. The predicted octanol–water partition coefficient (Wildman–Crippen LogP) is 1.24. The molecule has 0 aliphatic heterocycles. The van der Waals surface area contributed by atoms with Crippen molar-refractivity contribution in [3.8, 4) is 0 Å². The highest BCUT2D eigenvalue weighted by atomic mass is 32.2. The van der Waals surface area contributed by atoms with Gasteiger partial charge in [0.1, 0.15) is 0 Å². The molecule has 0 aliphatic rings. The SMILES string of the molecule is CC(N)CNC(=O)CSc1ccccc1. The number of hydrogen-bond donors (Lipinski definition) is 2. The van der Waals surface area contributed by atoms with Crippen LogP contribution < -0.4 is 11.1 Å². The van der Waals surface area contributed by atoms with E-state index in [4.69, 9.17) is 5.73 Å². The fourth-order valence-corrected chi connectivity index (χ4v) is 1.74. The molecule has 1 unspecified atom stereocenters. The second-order valence-corrected chi connectivity index (χ2v) is 4.43. The minimum atomic E-state index is 0.00988. The largest absolute Gasteiger partial charge is 0.354 e. The minimum absolute atomic E-state index is 0.00988. The van der Waals surface area contributed by atoms with Crippen LogP contribution in [-0.2, 0) is 4.79 Å². The summed E-state index contributed by atoms with van der Waals surface area (Å²) in [5.74, 6) is 0.470. The van der Waals surface area contributed by atoms with Gasteiger partial charge in [-0.3, -0.25) is 4.79 Å². The van der Waals surface area contributed by atoms with Crippen LogP contribution in [0.1, 0.15) is 6.92 Å². The lowest BCUT2D eigenvalue weighted by atomic mass is 10.4. The number of hydrogen-bond acceptors (Lipinski definition) is 3. The quantitative estimate of drug-likeness (QED) is 0.740. The zero-order chi connectivity index (χ0) is 11.1. The Labute approximate surface area is 94.4 Å². The van der Waals surface area contributed by atoms with E-state index in [2.05, 4.69) is 5.32 Å². The topological polar surface area (TPSA) is 55.1 Å². The Morgan fingerprint density at radius 1 is 1.47 bits per heavy atom. The molecule has 3 N–H and O–H groups in total. The van der Waals surface area contributed by atoms with Gasteiger partial charge in [0.15, 0.2) is 0 Å². The molecule has 0 bridgehead atoms. The van der Waals surface area contributed by atoms with Gasteiger partial charge in [-0.05, 0) is 19.1 Å². The lowest BCUT2D eigenvalue weighted by molar-refractivity contribution is -0.118. The molecule has 0 spiro atoms. The molecule has 0 saturated heterocycles. The smallest absolute Gasteiger partial charge is 0.230 e. The first-order chi connectivity index (χ1) is 7.18. The second kappa shape index (κ2) is 6.48. The van der Waals surface area contributed by atoms with Crippen LogP contribution in [0.4, 0.5) is 0 Å². The van der Waals surface area contributed by atoms with Crippen molar-refractivity contribution in [1.29, 1.82) is 0 Å². The number of carbonyl (C=O) groups excluding carboxylic acids is 1. The molecule has 0 fully saturated rings. The standard InChI is InChI=1S/C11H16N2OS/c1-9(12)7-13-11(14)8-15-10-5-3-2-4-6-10/h2-6,9H,7-8,12H2,1H3,(H,13,14). The average Bonchev–Trinajstić information content (AvgIpc) is 2.25. The summed E-state index contributed by atoms with van der Waals surface area (Å²) in [6.45, 7) is 2.40. The molecule has 15 heavy (non-hydrogen) atoms. The van der Waals surface area contributed by atoms with Crippen molar-refractivity contribution in [3.05, 3.63) is 30.3 Å². The van der Waals surface area contributed by atoms with Crippen LogP contribution >= 0.6 is 11.8 Å². The van der Waals surface area contributed by atoms with Gasteiger partial charge >= 0.3 is 0 Å². The first-order valence-electron chi connectivity index (χ1n) is 4.88. The number of benzene rings is 1. The Balaban J connectivity index is 2.23. The molecular weight excluding hydrogens is 208 g/mol. The molecule has 82 valence electrons. The maximum atomic E-state index is 11.3. The van der Waals surface area contributed by atoms with E-state index in [1.54, 1.807) is 0 Å². The van der Waals surface area contributed by atoms with Gasteiger partial charge in [-0.15, -0.1) is 11.8 Å². The van der Waals surface area contributed by atoms with Gasteiger partial charge in [0.25, 0.3) is 0 Å². The summed E-state index contributed by atoms with van der Waals surface area (Å²) in [6, 6.07) is 9.87. The number of amides is 1. The Morgan fingerprint density at radius 3 is 2.73 bits per heavy atom. The van der Waals surface area contributed by atoms with E-state index in [1.165, 1.54) is 11.8 Å². The molecule has 0 aliphatic carbocycles. The van der Waals surface area contributed by atoms with Crippen molar-refractivity contribution >= 4 is 17.7 Å². The highest BCUT2D eigenvalue weighted by Crippen LogP contribution is 2.15. The number of thioether (sulfide) groups is 1. The fraction of sp³-hybridized carbons (Fsp3) is 0.364. The third kappa shape index (κ3) is 5.44. The zero-order valence-electron chi connectivity index (χ0n) is 8.77. The first-order valence-corrected chi connectivity index (χ1v) is 5.87. The van der Waals surface area contributed by atoms with Crippen molar-refractivity contribution < 1.29 is 4.79 Å². The number of nitrogens with two attached hydrogens (primary N) is 1. The molecule has 1 atom stereocenters. The van der Waals surface area contributed by atoms with Crippen molar-refractivity contribution in [2.24, 2.45) is 5.73 Å². The predicted molar refractivity (Wildman–Crippen MR) is 63.8 cm³/mol.